The van der Waals surface area contributed by atoms with Gasteiger partial charge in [-0.1, -0.05) is 30.3 Å². The van der Waals surface area contributed by atoms with Crippen molar-refractivity contribution in [3.05, 3.63) is 59.7 Å². The molecule has 0 aliphatic rings. The quantitative estimate of drug-likeness (QED) is 0.692. The number of rotatable bonds is 7. The Morgan fingerprint density at radius 1 is 1.12 bits per heavy atom. The number of thioether (sulfide) groups is 1. The molecule has 0 bridgehead atoms. The average molecular weight is 382 g/mol. The molecule has 0 heterocycles. The van der Waals surface area contributed by atoms with Crippen LogP contribution in [0.5, 0.6) is 0 Å². The van der Waals surface area contributed by atoms with Gasteiger partial charge in [0.25, 0.3) is 0 Å². The van der Waals surface area contributed by atoms with Crippen molar-refractivity contribution >= 4 is 23.4 Å². The van der Waals surface area contributed by atoms with Gasteiger partial charge in [-0.3, -0.25) is 4.79 Å². The summed E-state index contributed by atoms with van der Waals surface area (Å²) in [5.74, 6) is -0.164. The van der Waals surface area contributed by atoms with E-state index in [1.54, 1.807) is 18.0 Å². The van der Waals surface area contributed by atoms with Crippen LogP contribution in [0.25, 0.3) is 0 Å². The van der Waals surface area contributed by atoms with E-state index in [1.807, 2.05) is 30.5 Å². The van der Waals surface area contributed by atoms with Gasteiger partial charge in [0.05, 0.1) is 11.3 Å². The highest BCUT2D eigenvalue weighted by Gasteiger charge is 2.32. The fraction of sp³-hybridized carbons (Fsp3) is 0.316. The molecule has 3 nitrogen and oxygen atoms in total. The van der Waals surface area contributed by atoms with E-state index < -0.39 is 11.7 Å². The molecule has 0 fully saturated rings. The molecule has 7 heteroatoms. The number of hydrogen-bond acceptors (Lipinski definition) is 3. The summed E-state index contributed by atoms with van der Waals surface area (Å²) in [6.07, 6.45) is -2.25. The zero-order chi connectivity index (χ0) is 19.2. The lowest BCUT2D eigenvalue weighted by atomic mass is 10.1. The van der Waals surface area contributed by atoms with E-state index in [4.69, 9.17) is 0 Å². The van der Waals surface area contributed by atoms with E-state index in [0.29, 0.717) is 6.54 Å². The van der Waals surface area contributed by atoms with Crippen LogP contribution in [0, 0.1) is 0 Å². The van der Waals surface area contributed by atoms with Gasteiger partial charge in [0.15, 0.2) is 0 Å². The van der Waals surface area contributed by atoms with Gasteiger partial charge in [-0.15, -0.1) is 11.8 Å². The van der Waals surface area contributed by atoms with Gasteiger partial charge in [-0.2, -0.15) is 13.2 Å². The Bertz CT molecular complexity index is 750. The van der Waals surface area contributed by atoms with Crippen LogP contribution in [-0.4, -0.2) is 30.7 Å². The maximum Gasteiger partial charge on any atom is 0.416 e. The SMILES string of the molecule is CSc1ccccc1NC(=O)CCN(C)Cc1ccccc1C(F)(F)F. The van der Waals surface area contributed by atoms with Crippen molar-refractivity contribution in [1.82, 2.24) is 4.90 Å². The molecule has 0 saturated heterocycles. The molecule has 2 aromatic rings. The number of hydrogen-bond donors (Lipinski definition) is 1. The number of halogens is 3. The number of nitrogens with one attached hydrogen (secondary N) is 1. The molecular formula is C19H21F3N2OS. The summed E-state index contributed by atoms with van der Waals surface area (Å²) < 4.78 is 39.1. The summed E-state index contributed by atoms with van der Waals surface area (Å²) in [4.78, 5) is 14.8. The molecule has 0 saturated carbocycles. The van der Waals surface area contributed by atoms with E-state index in [0.717, 1.165) is 16.6 Å². The number of alkyl halides is 3. The van der Waals surface area contributed by atoms with Crippen molar-refractivity contribution < 1.29 is 18.0 Å². The second kappa shape index (κ2) is 9.09. The number of amides is 1. The first-order chi connectivity index (χ1) is 12.3. The monoisotopic (exact) mass is 382 g/mol. The topological polar surface area (TPSA) is 32.3 Å². The number of nitrogens with zero attached hydrogens (tertiary/aromatic N) is 1. The third-order valence-corrected chi connectivity index (χ3v) is 4.66. The van der Waals surface area contributed by atoms with Gasteiger partial charge in [-0.25, -0.2) is 0 Å². The smallest absolute Gasteiger partial charge is 0.325 e. The van der Waals surface area contributed by atoms with Crippen LogP contribution in [0.2, 0.25) is 0 Å². The fourth-order valence-corrected chi connectivity index (χ4v) is 3.11. The van der Waals surface area contributed by atoms with Crippen LogP contribution in [0.15, 0.2) is 53.4 Å². The number of anilines is 1. The molecule has 0 radical (unpaired) electrons. The highest BCUT2D eigenvalue weighted by Crippen LogP contribution is 2.32. The summed E-state index contributed by atoms with van der Waals surface area (Å²) in [6.45, 7) is 0.490. The van der Waals surface area contributed by atoms with Crippen LogP contribution < -0.4 is 5.32 Å². The number of para-hydroxylation sites is 1. The minimum absolute atomic E-state index is 0.129. The van der Waals surface area contributed by atoms with Crippen molar-refractivity contribution in [2.75, 3.05) is 25.2 Å². The lowest BCUT2D eigenvalue weighted by molar-refractivity contribution is -0.138. The third-order valence-electron chi connectivity index (χ3n) is 3.86. The molecule has 2 rings (SSSR count). The molecule has 0 spiro atoms. The molecule has 1 N–H and O–H groups in total. The van der Waals surface area contributed by atoms with Crippen molar-refractivity contribution in [3.63, 3.8) is 0 Å². The molecule has 1 amide bonds. The predicted octanol–water partition coefficient (Wildman–Crippen LogP) is 4.89. The van der Waals surface area contributed by atoms with Gasteiger partial charge < -0.3 is 10.2 Å². The van der Waals surface area contributed by atoms with Gasteiger partial charge in [0.2, 0.25) is 5.91 Å². The largest absolute Gasteiger partial charge is 0.416 e. The molecule has 0 aliphatic carbocycles. The second-order valence-corrected chi connectivity index (χ2v) is 6.74. The molecular weight excluding hydrogens is 361 g/mol. The van der Waals surface area contributed by atoms with Crippen molar-refractivity contribution in [2.45, 2.75) is 24.0 Å². The Morgan fingerprint density at radius 3 is 2.46 bits per heavy atom. The van der Waals surface area contributed by atoms with Crippen LogP contribution in [-0.2, 0) is 17.5 Å². The molecule has 0 aliphatic heterocycles. The van der Waals surface area contributed by atoms with Gasteiger partial charge in [-0.05, 0) is 37.1 Å². The average Bonchev–Trinajstić information content (AvgIpc) is 2.60. The predicted molar refractivity (Wildman–Crippen MR) is 99.2 cm³/mol. The van der Waals surface area contributed by atoms with Crippen molar-refractivity contribution in [3.8, 4) is 0 Å². The van der Waals surface area contributed by atoms with Gasteiger partial charge in [0.1, 0.15) is 0 Å². The van der Waals surface area contributed by atoms with Crippen LogP contribution >= 0.6 is 11.8 Å². The molecule has 26 heavy (non-hydrogen) atoms. The van der Waals surface area contributed by atoms with E-state index in [1.165, 1.54) is 23.9 Å². The lowest BCUT2D eigenvalue weighted by Gasteiger charge is -2.19. The highest BCUT2D eigenvalue weighted by atomic mass is 32.2. The van der Waals surface area contributed by atoms with Crippen LogP contribution in [0.3, 0.4) is 0 Å². The van der Waals surface area contributed by atoms with Crippen molar-refractivity contribution in [2.24, 2.45) is 0 Å². The molecule has 140 valence electrons. The zero-order valence-corrected chi connectivity index (χ0v) is 15.5. The Hall–Kier alpha value is -1.99. The molecule has 2 aromatic carbocycles. The summed E-state index contributed by atoms with van der Waals surface area (Å²) in [5, 5.41) is 2.85. The zero-order valence-electron chi connectivity index (χ0n) is 14.6. The third kappa shape index (κ3) is 5.78. The first-order valence-electron chi connectivity index (χ1n) is 8.07. The number of benzene rings is 2. The number of carbonyl (C=O) groups excluding carboxylic acids is 1. The van der Waals surface area contributed by atoms with E-state index in [9.17, 15) is 18.0 Å². The lowest BCUT2D eigenvalue weighted by Crippen LogP contribution is -2.25. The fourth-order valence-electron chi connectivity index (χ4n) is 2.56. The Balaban J connectivity index is 1.91. The molecule has 0 aromatic heterocycles. The van der Waals surface area contributed by atoms with Crippen LogP contribution in [0.4, 0.5) is 18.9 Å². The molecule has 0 atom stereocenters. The van der Waals surface area contributed by atoms with Gasteiger partial charge in [0, 0.05) is 24.4 Å². The van der Waals surface area contributed by atoms with Gasteiger partial charge >= 0.3 is 6.18 Å². The first-order valence-corrected chi connectivity index (χ1v) is 9.30. The van der Waals surface area contributed by atoms with Crippen LogP contribution in [0.1, 0.15) is 17.5 Å². The summed E-state index contributed by atoms with van der Waals surface area (Å²) in [6, 6.07) is 13.0. The number of carbonyl (C=O) groups is 1. The summed E-state index contributed by atoms with van der Waals surface area (Å²) in [7, 11) is 1.70. The first kappa shape index (κ1) is 20.3. The minimum atomic E-state index is -4.38. The maximum absolute atomic E-state index is 13.0. The second-order valence-electron chi connectivity index (χ2n) is 5.89. The van der Waals surface area contributed by atoms with E-state index in [-0.39, 0.29) is 24.4 Å². The minimum Gasteiger partial charge on any atom is -0.325 e. The Morgan fingerprint density at radius 2 is 1.77 bits per heavy atom. The highest BCUT2D eigenvalue weighted by molar-refractivity contribution is 7.98. The van der Waals surface area contributed by atoms with E-state index in [2.05, 4.69) is 5.32 Å². The maximum atomic E-state index is 13.0. The Kier molecular flexibility index (Phi) is 7.11. The normalized spacial score (nSPS) is 11.6. The Labute approximate surface area is 155 Å². The van der Waals surface area contributed by atoms with Crippen molar-refractivity contribution in [1.29, 1.82) is 0 Å². The standard InChI is InChI=1S/C19H21F3N2OS/c1-24(13-14-7-3-4-8-15(14)19(20,21)22)12-11-18(25)23-16-9-5-6-10-17(16)26-2/h3-10H,11-13H2,1-2H3,(H,23,25). The molecule has 0 unspecified atom stereocenters. The summed E-state index contributed by atoms with van der Waals surface area (Å²) >= 11 is 1.54. The summed E-state index contributed by atoms with van der Waals surface area (Å²) in [5.41, 5.74) is 0.316. The van der Waals surface area contributed by atoms with E-state index >= 15 is 0 Å².